The minimum atomic E-state index is -0.151. The van der Waals surface area contributed by atoms with Crippen molar-refractivity contribution in [3.05, 3.63) is 0 Å². The lowest BCUT2D eigenvalue weighted by molar-refractivity contribution is -0.125. The second-order valence-corrected chi connectivity index (χ2v) is 4.29. The lowest BCUT2D eigenvalue weighted by Gasteiger charge is -2.20. The van der Waals surface area contributed by atoms with Crippen molar-refractivity contribution in [2.24, 2.45) is 5.92 Å². The molecule has 1 amide bonds. The fraction of sp³-hybridized carbons (Fsp3) is 0.727. The van der Waals surface area contributed by atoms with Gasteiger partial charge in [0.25, 0.3) is 0 Å². The number of rotatable bonds is 2. The molecule has 14 heavy (non-hydrogen) atoms. The number of hydrogen-bond donors (Lipinski definition) is 2. The van der Waals surface area contributed by atoms with Crippen LogP contribution in [0.1, 0.15) is 26.2 Å². The summed E-state index contributed by atoms with van der Waals surface area (Å²) in [5, 5.41) is 6.28. The van der Waals surface area contributed by atoms with Gasteiger partial charge in [0.1, 0.15) is 0 Å². The quantitative estimate of drug-likeness (QED) is 0.616. The first-order chi connectivity index (χ1) is 6.70. The van der Waals surface area contributed by atoms with Crippen LogP contribution in [0.5, 0.6) is 0 Å². The van der Waals surface area contributed by atoms with E-state index in [4.69, 9.17) is 6.42 Å². The number of nitrogens with one attached hydrogen (secondary N) is 2. The Hall–Kier alpha value is -1.01. The maximum absolute atomic E-state index is 11.8. The minimum Gasteiger partial charge on any atom is -0.342 e. The molecule has 0 aromatic heterocycles. The highest BCUT2D eigenvalue weighted by Gasteiger charge is 2.42. The van der Waals surface area contributed by atoms with Crippen LogP contribution in [-0.4, -0.2) is 24.0 Å². The van der Waals surface area contributed by atoms with Crippen molar-refractivity contribution in [1.82, 2.24) is 10.6 Å². The van der Waals surface area contributed by atoms with Gasteiger partial charge < -0.3 is 10.6 Å². The van der Waals surface area contributed by atoms with Gasteiger partial charge in [0.15, 0.2) is 0 Å². The smallest absolute Gasteiger partial charge is 0.225 e. The molecule has 4 unspecified atom stereocenters. The molecule has 3 heteroatoms. The van der Waals surface area contributed by atoms with Crippen LogP contribution in [0.4, 0.5) is 0 Å². The van der Waals surface area contributed by atoms with E-state index in [1.54, 1.807) is 0 Å². The van der Waals surface area contributed by atoms with E-state index in [2.05, 4.69) is 16.6 Å². The Labute approximate surface area is 84.6 Å². The number of amides is 1. The van der Waals surface area contributed by atoms with Crippen molar-refractivity contribution in [2.45, 2.75) is 44.3 Å². The van der Waals surface area contributed by atoms with Crippen molar-refractivity contribution in [1.29, 1.82) is 0 Å². The zero-order valence-corrected chi connectivity index (χ0v) is 8.42. The molecule has 0 radical (unpaired) electrons. The molecule has 2 rings (SSSR count). The highest BCUT2D eigenvalue weighted by molar-refractivity contribution is 5.80. The molecule has 0 aliphatic carbocycles. The van der Waals surface area contributed by atoms with Gasteiger partial charge in [0.2, 0.25) is 5.91 Å². The summed E-state index contributed by atoms with van der Waals surface area (Å²) in [4.78, 5) is 11.8. The van der Waals surface area contributed by atoms with Gasteiger partial charge in [0.05, 0.1) is 12.0 Å². The number of carbonyl (C=O) groups excluding carboxylic acids is 1. The van der Waals surface area contributed by atoms with E-state index in [0.29, 0.717) is 12.1 Å². The summed E-state index contributed by atoms with van der Waals surface area (Å²) in [5.41, 5.74) is 0. The van der Waals surface area contributed by atoms with Gasteiger partial charge in [-0.05, 0) is 26.2 Å². The lowest BCUT2D eigenvalue weighted by Crippen LogP contribution is -2.41. The third-order valence-corrected chi connectivity index (χ3v) is 3.25. The molecule has 2 bridgehead atoms. The summed E-state index contributed by atoms with van der Waals surface area (Å²) in [6, 6.07) is 0.809. The highest BCUT2D eigenvalue weighted by atomic mass is 16.2. The lowest BCUT2D eigenvalue weighted by atomic mass is 9.88. The van der Waals surface area contributed by atoms with E-state index in [0.717, 1.165) is 12.8 Å². The number of hydrogen-bond acceptors (Lipinski definition) is 2. The van der Waals surface area contributed by atoms with Crippen LogP contribution in [-0.2, 0) is 4.79 Å². The molecule has 2 saturated heterocycles. The van der Waals surface area contributed by atoms with Crippen LogP contribution < -0.4 is 10.6 Å². The van der Waals surface area contributed by atoms with Gasteiger partial charge in [-0.2, -0.15) is 0 Å². The summed E-state index contributed by atoms with van der Waals surface area (Å²) in [5.74, 6) is 2.77. The Bertz CT molecular complexity index is 282. The molecule has 2 fully saturated rings. The second-order valence-electron chi connectivity index (χ2n) is 4.29. The van der Waals surface area contributed by atoms with Gasteiger partial charge >= 0.3 is 0 Å². The largest absolute Gasteiger partial charge is 0.342 e. The standard InChI is InChI=1S/C11H16N2O/c1-3-7(2)12-11(14)9-6-8-4-5-10(9)13-8/h1,7-10,13H,4-6H2,2H3,(H,12,14). The van der Waals surface area contributed by atoms with Crippen molar-refractivity contribution in [3.63, 3.8) is 0 Å². The Balaban J connectivity index is 1.90. The molecule has 4 atom stereocenters. The minimum absolute atomic E-state index is 0.121. The molecule has 0 aromatic carbocycles. The zero-order valence-electron chi connectivity index (χ0n) is 8.42. The summed E-state index contributed by atoms with van der Waals surface area (Å²) in [6.07, 6.45) is 8.55. The highest BCUT2D eigenvalue weighted by Crippen LogP contribution is 2.33. The molecule has 0 saturated carbocycles. The topological polar surface area (TPSA) is 41.1 Å². The molecular weight excluding hydrogens is 176 g/mol. The first-order valence-corrected chi connectivity index (χ1v) is 5.23. The SMILES string of the molecule is C#CC(C)NC(=O)C1CC2CCC1N2. The predicted molar refractivity (Wildman–Crippen MR) is 54.5 cm³/mol. The van der Waals surface area contributed by atoms with Crippen LogP contribution in [0.25, 0.3) is 0 Å². The van der Waals surface area contributed by atoms with Gasteiger partial charge in [-0.3, -0.25) is 4.79 Å². The van der Waals surface area contributed by atoms with Crippen LogP contribution in [0, 0.1) is 18.3 Å². The zero-order chi connectivity index (χ0) is 10.1. The fourth-order valence-corrected chi connectivity index (χ4v) is 2.48. The Morgan fingerprint density at radius 2 is 2.43 bits per heavy atom. The monoisotopic (exact) mass is 192 g/mol. The van der Waals surface area contributed by atoms with E-state index in [9.17, 15) is 4.79 Å². The molecule has 2 aliphatic heterocycles. The van der Waals surface area contributed by atoms with E-state index < -0.39 is 0 Å². The van der Waals surface area contributed by atoms with E-state index in [1.807, 2.05) is 6.92 Å². The number of terminal acetylenes is 1. The van der Waals surface area contributed by atoms with Crippen LogP contribution in [0.15, 0.2) is 0 Å². The Kier molecular flexibility index (Phi) is 2.47. The molecule has 2 N–H and O–H groups in total. The van der Waals surface area contributed by atoms with Crippen molar-refractivity contribution >= 4 is 5.91 Å². The summed E-state index contributed by atoms with van der Waals surface area (Å²) < 4.78 is 0. The first kappa shape index (κ1) is 9.54. The van der Waals surface area contributed by atoms with Gasteiger partial charge in [0, 0.05) is 12.1 Å². The molecule has 0 spiro atoms. The fourth-order valence-electron chi connectivity index (χ4n) is 2.48. The average Bonchev–Trinajstić information content (AvgIpc) is 2.78. The third kappa shape index (κ3) is 1.62. The van der Waals surface area contributed by atoms with Gasteiger partial charge in [-0.25, -0.2) is 0 Å². The maximum Gasteiger partial charge on any atom is 0.225 e. The van der Waals surface area contributed by atoms with Crippen molar-refractivity contribution in [3.8, 4) is 12.3 Å². The van der Waals surface area contributed by atoms with Crippen LogP contribution in [0.2, 0.25) is 0 Å². The van der Waals surface area contributed by atoms with Crippen LogP contribution >= 0.6 is 0 Å². The Morgan fingerprint density at radius 3 is 2.93 bits per heavy atom. The molecular formula is C11H16N2O. The molecule has 76 valence electrons. The molecule has 0 aromatic rings. The van der Waals surface area contributed by atoms with E-state index in [-0.39, 0.29) is 17.9 Å². The summed E-state index contributed by atoms with van der Waals surface area (Å²) in [7, 11) is 0. The van der Waals surface area contributed by atoms with Crippen molar-refractivity contribution < 1.29 is 4.79 Å². The van der Waals surface area contributed by atoms with E-state index in [1.165, 1.54) is 6.42 Å². The van der Waals surface area contributed by atoms with Gasteiger partial charge in [-0.15, -0.1) is 6.42 Å². The van der Waals surface area contributed by atoms with Gasteiger partial charge in [-0.1, -0.05) is 5.92 Å². The van der Waals surface area contributed by atoms with E-state index >= 15 is 0 Å². The molecule has 3 nitrogen and oxygen atoms in total. The number of fused-ring (bicyclic) bond motifs is 2. The molecule has 2 heterocycles. The molecule has 2 aliphatic rings. The normalized spacial score (nSPS) is 36.4. The number of carbonyl (C=O) groups is 1. The summed E-state index contributed by atoms with van der Waals surface area (Å²) in [6.45, 7) is 1.83. The average molecular weight is 192 g/mol. The van der Waals surface area contributed by atoms with Crippen LogP contribution in [0.3, 0.4) is 0 Å². The Morgan fingerprint density at radius 1 is 1.64 bits per heavy atom. The maximum atomic E-state index is 11.8. The predicted octanol–water partition coefficient (Wildman–Crippen LogP) is 0.265. The second kappa shape index (κ2) is 3.62. The van der Waals surface area contributed by atoms with Crippen molar-refractivity contribution in [2.75, 3.05) is 0 Å². The first-order valence-electron chi connectivity index (χ1n) is 5.23. The third-order valence-electron chi connectivity index (χ3n) is 3.25. The summed E-state index contributed by atoms with van der Waals surface area (Å²) >= 11 is 0.